The van der Waals surface area contributed by atoms with Gasteiger partial charge in [0.15, 0.2) is 0 Å². The van der Waals surface area contributed by atoms with Gasteiger partial charge in [-0.3, -0.25) is 0 Å². The van der Waals surface area contributed by atoms with Crippen molar-refractivity contribution in [2.45, 2.75) is 0 Å². The van der Waals surface area contributed by atoms with Crippen LogP contribution >= 0.6 is 34.0 Å². The number of para-hydroxylation sites is 1. The first-order valence-corrected chi connectivity index (χ1v) is 27.4. The van der Waals surface area contributed by atoms with Crippen LogP contribution in [0.4, 0.5) is 5.69 Å². The lowest BCUT2D eigenvalue weighted by atomic mass is 9.88. The minimum absolute atomic E-state index is 0.420. The van der Waals surface area contributed by atoms with E-state index in [9.17, 15) is 11.8 Å². The van der Waals surface area contributed by atoms with Crippen LogP contribution in [-0.4, -0.2) is 9.13 Å². The van der Waals surface area contributed by atoms with E-state index in [2.05, 4.69) is 221 Å². The molecule has 0 bridgehead atoms. The monoisotopic (exact) mass is 1000 g/mol. The quantitative estimate of drug-likeness (QED) is 0.158. The number of fused-ring (bicyclic) bond motifs is 18. The highest BCUT2D eigenvalue weighted by atomic mass is 32.1. The van der Waals surface area contributed by atoms with Gasteiger partial charge in [-0.15, -0.1) is 34.0 Å². The summed E-state index contributed by atoms with van der Waals surface area (Å²) in [7, 11) is 0. The van der Waals surface area contributed by atoms with Crippen molar-refractivity contribution in [3.8, 4) is 50.8 Å². The number of nitriles is 1. The molecule has 5 aromatic heterocycles. The Hall–Kier alpha value is -9.34. The van der Waals surface area contributed by atoms with Gasteiger partial charge in [0.25, 0.3) is 0 Å². The molecule has 0 aliphatic heterocycles. The van der Waals surface area contributed by atoms with E-state index in [0.717, 1.165) is 96.4 Å². The third-order valence-corrected chi connectivity index (χ3v) is 19.0. The number of thiophene rings is 3. The van der Waals surface area contributed by atoms with Gasteiger partial charge in [-0.05, 0) is 40.5 Å². The Kier molecular flexibility index (Phi) is 9.05. The lowest BCUT2D eigenvalue weighted by molar-refractivity contribution is 1.15. The third-order valence-electron chi connectivity index (χ3n) is 15.4. The van der Waals surface area contributed by atoms with Crippen molar-refractivity contribution in [1.29, 1.82) is 5.26 Å². The average molecular weight is 1010 g/mol. The first-order valence-electron chi connectivity index (χ1n) is 24.9. The van der Waals surface area contributed by atoms with Gasteiger partial charge in [-0.1, -0.05) is 200 Å². The van der Waals surface area contributed by atoms with Crippen molar-refractivity contribution in [3.05, 3.63) is 235 Å². The zero-order chi connectivity index (χ0) is 49.5. The number of hydrogen-bond donors (Lipinski definition) is 0. The van der Waals surface area contributed by atoms with Crippen LogP contribution in [0.15, 0.2) is 218 Å². The molecule has 0 atom stereocenters. The maximum atomic E-state index is 12.4. The lowest BCUT2D eigenvalue weighted by Gasteiger charge is -2.26. The summed E-state index contributed by atoms with van der Waals surface area (Å²) in [4.78, 5) is 4.75. The molecule has 0 fully saturated rings. The summed E-state index contributed by atoms with van der Waals surface area (Å²) in [5, 5.41) is 23.8. The van der Waals surface area contributed by atoms with E-state index in [1.165, 1.54) is 46.8 Å². The molecule has 16 rings (SSSR count). The maximum absolute atomic E-state index is 12.4. The molecule has 4 nitrogen and oxygen atoms in total. The Morgan fingerprint density at radius 1 is 0.360 bits per heavy atom. The van der Waals surface area contributed by atoms with Crippen LogP contribution in [0.2, 0.25) is 0 Å². The molecule has 0 spiro atoms. The largest absolute Gasteiger partial charge is 0.315 e. The fraction of sp³-hybridized carbons (Fsp3) is 0. The van der Waals surface area contributed by atoms with Gasteiger partial charge in [0, 0.05) is 79.1 Å². The summed E-state index contributed by atoms with van der Waals surface area (Å²) in [6.07, 6.45) is 0. The lowest BCUT2D eigenvalue weighted by Crippen LogP contribution is -2.08. The number of aromatic nitrogens is 2. The van der Waals surface area contributed by atoms with Gasteiger partial charge in [-0.2, -0.15) is 5.26 Å². The molecule has 16 aromatic rings. The first-order chi connectivity index (χ1) is 37.2. The molecule has 0 saturated carbocycles. The molecule has 0 amide bonds. The molecule has 0 aliphatic carbocycles. The molecular formula is C68H36N4S3. The Balaban J connectivity index is 1.16. The highest BCUT2D eigenvalue weighted by Crippen LogP contribution is 2.56. The summed E-state index contributed by atoms with van der Waals surface area (Å²) in [5.41, 5.74) is 12.0. The third kappa shape index (κ3) is 5.83. The van der Waals surface area contributed by atoms with Crippen LogP contribution in [0.25, 0.3) is 154 Å². The zero-order valence-corrected chi connectivity index (χ0v) is 42.2. The molecule has 11 aromatic carbocycles. The van der Waals surface area contributed by atoms with E-state index in [0.29, 0.717) is 16.9 Å². The number of hydrogen-bond acceptors (Lipinski definition) is 4. The molecule has 0 aliphatic rings. The maximum Gasteiger partial charge on any atom is 0.221 e. The predicted octanol–water partition coefficient (Wildman–Crippen LogP) is 20.4. The first kappa shape index (κ1) is 42.2. The van der Waals surface area contributed by atoms with Crippen LogP contribution < -0.4 is 0 Å². The fourth-order valence-corrected chi connectivity index (χ4v) is 16.1. The number of rotatable bonds is 5. The molecule has 0 radical (unpaired) electrons. The van der Waals surface area contributed by atoms with Crippen molar-refractivity contribution < 1.29 is 0 Å². The molecule has 0 N–H and O–H groups in total. The topological polar surface area (TPSA) is 38.0 Å². The summed E-state index contributed by atoms with van der Waals surface area (Å²) in [6, 6.07) is 80.6. The van der Waals surface area contributed by atoms with Gasteiger partial charge in [-0.25, -0.2) is 4.85 Å². The SMILES string of the molecule is [C-]#[N+]c1c(-c2ccccc2)c(-n2c3ccccc3c3ccc4c5cccc(-c6ccccc6)c5sc4c32)c(-c2ccccc2)c(C#N)c1-n1c2c(ccc3c4ccccc4sc32)c2ccc3c4ccccc4sc3c21. The molecule has 75 heavy (non-hydrogen) atoms. The Morgan fingerprint density at radius 2 is 0.800 bits per heavy atom. The highest BCUT2D eigenvalue weighted by Gasteiger charge is 2.33. The van der Waals surface area contributed by atoms with Gasteiger partial charge >= 0.3 is 0 Å². The second-order valence-electron chi connectivity index (χ2n) is 19.2. The molecule has 7 heteroatoms. The van der Waals surface area contributed by atoms with E-state index in [1.54, 1.807) is 22.7 Å². The number of nitrogens with zero attached hydrogens (tertiary/aromatic N) is 4. The van der Waals surface area contributed by atoms with Crippen molar-refractivity contribution in [3.63, 3.8) is 0 Å². The van der Waals surface area contributed by atoms with Gasteiger partial charge in [0.05, 0.1) is 59.7 Å². The van der Waals surface area contributed by atoms with Crippen molar-refractivity contribution in [2.24, 2.45) is 0 Å². The fourth-order valence-electron chi connectivity index (χ4n) is 12.3. The highest BCUT2D eigenvalue weighted by molar-refractivity contribution is 7.28. The van der Waals surface area contributed by atoms with Gasteiger partial charge < -0.3 is 9.13 Å². The van der Waals surface area contributed by atoms with Crippen molar-refractivity contribution in [1.82, 2.24) is 9.13 Å². The van der Waals surface area contributed by atoms with Crippen molar-refractivity contribution in [2.75, 3.05) is 0 Å². The van der Waals surface area contributed by atoms with Crippen LogP contribution in [0.1, 0.15) is 5.56 Å². The van der Waals surface area contributed by atoms with Gasteiger partial charge in [0.1, 0.15) is 6.07 Å². The minimum atomic E-state index is 0.420. The standard InChI is InChI=1S/C68H36N4S3/c1-70-59-58(41-22-9-4-10-23-41)64(71-54-29-14-11-24-43(54)46-32-37-52-49-28-17-27-42(39-18-5-2-6-19-39)65(49)75-68(52)61(46)71)57(40-20-7-3-8-21-40)53(38-69)60(59)72-62-47(33-35-50-44-25-12-15-30-55(44)73-66(50)62)48-34-36-51-45-26-13-16-31-56(45)74-67(51)63(48)72/h2-37H. The summed E-state index contributed by atoms with van der Waals surface area (Å²) < 4.78 is 11.7. The Morgan fingerprint density at radius 3 is 1.39 bits per heavy atom. The second-order valence-corrected chi connectivity index (χ2v) is 22.3. The van der Waals surface area contributed by atoms with E-state index in [1.807, 2.05) is 23.5 Å². The smallest absolute Gasteiger partial charge is 0.221 e. The van der Waals surface area contributed by atoms with E-state index >= 15 is 0 Å². The van der Waals surface area contributed by atoms with Crippen LogP contribution in [0.3, 0.4) is 0 Å². The van der Waals surface area contributed by atoms with E-state index in [-0.39, 0.29) is 0 Å². The molecule has 346 valence electrons. The molecule has 0 unspecified atom stereocenters. The normalized spacial score (nSPS) is 12.0. The Bertz CT molecular complexity index is 4990. The summed E-state index contributed by atoms with van der Waals surface area (Å²) in [6.45, 7) is 9.70. The molecular weight excluding hydrogens is 969 g/mol. The van der Waals surface area contributed by atoms with Gasteiger partial charge in [0.2, 0.25) is 5.69 Å². The number of benzene rings is 11. The average Bonchev–Trinajstić information content (AvgIpc) is 4.30. The summed E-state index contributed by atoms with van der Waals surface area (Å²) >= 11 is 5.38. The molecule has 0 saturated heterocycles. The molecule has 5 heterocycles. The van der Waals surface area contributed by atoms with Crippen LogP contribution in [0, 0.1) is 17.9 Å². The van der Waals surface area contributed by atoms with Crippen molar-refractivity contribution >= 4 is 144 Å². The Labute approximate surface area is 441 Å². The zero-order valence-electron chi connectivity index (χ0n) is 39.8. The predicted molar refractivity (Wildman–Crippen MR) is 321 cm³/mol. The van der Waals surface area contributed by atoms with E-state index in [4.69, 9.17) is 4.85 Å². The summed E-state index contributed by atoms with van der Waals surface area (Å²) in [5.74, 6) is 0. The van der Waals surface area contributed by atoms with E-state index < -0.39 is 0 Å². The minimum Gasteiger partial charge on any atom is -0.315 e. The van der Waals surface area contributed by atoms with Crippen LogP contribution in [0.5, 0.6) is 0 Å². The second kappa shape index (κ2) is 16.1. The van der Waals surface area contributed by atoms with Crippen LogP contribution in [-0.2, 0) is 0 Å².